The third kappa shape index (κ3) is 1.56. The molecule has 4 heteroatoms. The summed E-state index contributed by atoms with van der Waals surface area (Å²) in [7, 11) is 0. The van der Waals surface area contributed by atoms with Crippen molar-refractivity contribution in [3.63, 3.8) is 0 Å². The van der Waals surface area contributed by atoms with Crippen molar-refractivity contribution in [3.8, 4) is 0 Å². The van der Waals surface area contributed by atoms with Crippen LogP contribution < -0.4 is 10.9 Å². The predicted molar refractivity (Wildman–Crippen MR) is 64.0 cm³/mol. The van der Waals surface area contributed by atoms with Gasteiger partial charge in [-0.3, -0.25) is 9.89 Å². The van der Waals surface area contributed by atoms with Gasteiger partial charge in [-0.2, -0.15) is 0 Å². The molecule has 1 aliphatic carbocycles. The van der Waals surface area contributed by atoms with Gasteiger partial charge in [0.1, 0.15) is 5.82 Å². The highest BCUT2D eigenvalue weighted by Crippen LogP contribution is 2.28. The fraction of sp³-hybridized carbons (Fsp3) is 0.750. The Morgan fingerprint density at radius 1 is 1.12 bits per heavy atom. The first kappa shape index (κ1) is 10.00. The Morgan fingerprint density at radius 3 is 2.69 bits per heavy atom. The molecular formula is C12H19N3O. The van der Waals surface area contributed by atoms with Gasteiger partial charge in [0.15, 0.2) is 0 Å². The van der Waals surface area contributed by atoms with E-state index < -0.39 is 0 Å². The van der Waals surface area contributed by atoms with Gasteiger partial charge in [-0.05, 0) is 25.7 Å². The zero-order chi connectivity index (χ0) is 11.0. The summed E-state index contributed by atoms with van der Waals surface area (Å²) in [6.07, 6.45) is 8.15. The minimum atomic E-state index is 0.217. The van der Waals surface area contributed by atoms with Crippen LogP contribution in [0.2, 0.25) is 0 Å². The van der Waals surface area contributed by atoms with Crippen LogP contribution in [0, 0.1) is 0 Å². The van der Waals surface area contributed by atoms with Gasteiger partial charge in [-0.15, -0.1) is 0 Å². The fourth-order valence-corrected chi connectivity index (χ4v) is 2.94. The smallest absolute Gasteiger partial charge is 0.272 e. The molecule has 16 heavy (non-hydrogen) atoms. The lowest BCUT2D eigenvalue weighted by atomic mass is 9.96. The molecule has 88 valence electrons. The maximum Gasteiger partial charge on any atom is 0.272 e. The molecule has 2 heterocycles. The summed E-state index contributed by atoms with van der Waals surface area (Å²) in [6.45, 7) is 0.984. The van der Waals surface area contributed by atoms with E-state index in [0.29, 0.717) is 6.04 Å². The molecule has 1 aromatic heterocycles. The van der Waals surface area contributed by atoms with Crippen LogP contribution in [0.4, 0.5) is 5.82 Å². The Bertz CT molecular complexity index is 426. The van der Waals surface area contributed by atoms with Crippen LogP contribution in [0.15, 0.2) is 4.79 Å². The van der Waals surface area contributed by atoms with Crippen LogP contribution in [0.3, 0.4) is 0 Å². The minimum Gasteiger partial charge on any atom is -0.370 e. The van der Waals surface area contributed by atoms with Crippen molar-refractivity contribution in [1.29, 1.82) is 0 Å². The van der Waals surface area contributed by atoms with Crippen molar-refractivity contribution in [2.24, 2.45) is 0 Å². The summed E-state index contributed by atoms with van der Waals surface area (Å²) in [6, 6.07) is 0.411. The van der Waals surface area contributed by atoms with E-state index in [0.717, 1.165) is 43.6 Å². The predicted octanol–water partition coefficient (Wildman–Crippen LogP) is 2.04. The number of hydrogen-bond acceptors (Lipinski definition) is 2. The second kappa shape index (κ2) is 4.00. The van der Waals surface area contributed by atoms with E-state index in [1.54, 1.807) is 0 Å². The SMILES string of the molecule is O=c1c2c([nH]n1C1CCCCC1)NCCC2. The van der Waals surface area contributed by atoms with Gasteiger partial charge in [0.25, 0.3) is 5.56 Å². The van der Waals surface area contributed by atoms with Crippen LogP contribution in [0.5, 0.6) is 0 Å². The van der Waals surface area contributed by atoms with E-state index in [1.807, 2.05) is 4.68 Å². The Labute approximate surface area is 95.0 Å². The maximum atomic E-state index is 12.2. The highest BCUT2D eigenvalue weighted by Gasteiger charge is 2.23. The standard InChI is InChI=1S/C12H19N3O/c16-12-10-7-4-8-13-11(10)14-15(12)9-5-2-1-3-6-9/h9,13-14H,1-8H2. The maximum absolute atomic E-state index is 12.2. The lowest BCUT2D eigenvalue weighted by Crippen LogP contribution is -2.26. The summed E-state index contributed by atoms with van der Waals surface area (Å²) in [4.78, 5) is 12.2. The zero-order valence-electron chi connectivity index (χ0n) is 9.59. The van der Waals surface area contributed by atoms with Crippen LogP contribution in [0.1, 0.15) is 50.1 Å². The Kier molecular flexibility index (Phi) is 2.50. The van der Waals surface area contributed by atoms with Gasteiger partial charge in [-0.1, -0.05) is 19.3 Å². The van der Waals surface area contributed by atoms with Crippen molar-refractivity contribution < 1.29 is 0 Å². The molecule has 0 unspecified atom stereocenters. The Hall–Kier alpha value is -1.19. The molecule has 0 aromatic carbocycles. The number of nitrogens with zero attached hydrogens (tertiary/aromatic N) is 1. The molecule has 2 N–H and O–H groups in total. The van der Waals surface area contributed by atoms with Crippen molar-refractivity contribution in [1.82, 2.24) is 9.78 Å². The number of fused-ring (bicyclic) bond motifs is 1. The molecule has 4 nitrogen and oxygen atoms in total. The minimum absolute atomic E-state index is 0.217. The molecule has 0 bridgehead atoms. The van der Waals surface area contributed by atoms with E-state index >= 15 is 0 Å². The normalized spacial score (nSPS) is 21.5. The van der Waals surface area contributed by atoms with E-state index in [9.17, 15) is 4.79 Å². The van der Waals surface area contributed by atoms with E-state index in [1.165, 1.54) is 19.3 Å². The number of aromatic nitrogens is 2. The summed E-state index contributed by atoms with van der Waals surface area (Å²) in [5.41, 5.74) is 1.19. The van der Waals surface area contributed by atoms with Crippen LogP contribution in [-0.2, 0) is 6.42 Å². The first-order valence-corrected chi connectivity index (χ1v) is 6.43. The molecule has 3 rings (SSSR count). The topological polar surface area (TPSA) is 49.8 Å². The van der Waals surface area contributed by atoms with Gasteiger partial charge < -0.3 is 5.32 Å². The van der Waals surface area contributed by atoms with Crippen LogP contribution in [0.25, 0.3) is 0 Å². The highest BCUT2D eigenvalue weighted by atomic mass is 16.1. The van der Waals surface area contributed by atoms with E-state index in [2.05, 4.69) is 10.4 Å². The third-order valence-electron chi connectivity index (χ3n) is 3.86. The van der Waals surface area contributed by atoms with E-state index in [-0.39, 0.29) is 5.56 Å². The average Bonchev–Trinajstić information content (AvgIpc) is 2.69. The summed E-state index contributed by atoms with van der Waals surface area (Å²) < 4.78 is 1.88. The molecule has 0 amide bonds. The van der Waals surface area contributed by atoms with Crippen LogP contribution >= 0.6 is 0 Å². The highest BCUT2D eigenvalue weighted by molar-refractivity contribution is 5.45. The van der Waals surface area contributed by atoms with Crippen molar-refractivity contribution >= 4 is 5.82 Å². The number of nitrogens with one attached hydrogen (secondary N) is 2. The number of rotatable bonds is 1. The lowest BCUT2D eigenvalue weighted by Gasteiger charge is -2.21. The summed E-state index contributed by atoms with van der Waals surface area (Å²) in [5, 5.41) is 6.55. The van der Waals surface area contributed by atoms with Gasteiger partial charge in [-0.25, -0.2) is 4.68 Å². The van der Waals surface area contributed by atoms with Gasteiger partial charge in [0.05, 0.1) is 11.6 Å². The molecule has 0 radical (unpaired) electrons. The Balaban J connectivity index is 1.94. The van der Waals surface area contributed by atoms with Crippen molar-refractivity contribution in [2.75, 3.05) is 11.9 Å². The van der Waals surface area contributed by atoms with Gasteiger partial charge in [0, 0.05) is 6.54 Å². The number of hydrogen-bond donors (Lipinski definition) is 2. The van der Waals surface area contributed by atoms with Gasteiger partial charge >= 0.3 is 0 Å². The monoisotopic (exact) mass is 221 g/mol. The summed E-state index contributed by atoms with van der Waals surface area (Å²) in [5.74, 6) is 0.974. The molecule has 0 atom stereocenters. The molecule has 0 saturated heterocycles. The molecule has 2 aliphatic rings. The molecule has 1 saturated carbocycles. The summed E-state index contributed by atoms with van der Waals surface area (Å²) >= 11 is 0. The average molecular weight is 221 g/mol. The van der Waals surface area contributed by atoms with Crippen molar-refractivity contribution in [3.05, 3.63) is 15.9 Å². The third-order valence-corrected chi connectivity index (χ3v) is 3.86. The molecule has 1 aromatic rings. The first-order valence-electron chi connectivity index (χ1n) is 6.43. The number of aromatic amines is 1. The fourth-order valence-electron chi connectivity index (χ4n) is 2.94. The molecular weight excluding hydrogens is 202 g/mol. The van der Waals surface area contributed by atoms with Crippen LogP contribution in [-0.4, -0.2) is 16.3 Å². The molecule has 1 aliphatic heterocycles. The van der Waals surface area contributed by atoms with Gasteiger partial charge in [0.2, 0.25) is 0 Å². The molecule has 1 fully saturated rings. The molecule has 0 spiro atoms. The van der Waals surface area contributed by atoms with E-state index in [4.69, 9.17) is 0 Å². The second-order valence-corrected chi connectivity index (χ2v) is 4.96. The first-order chi connectivity index (χ1) is 7.86. The lowest BCUT2D eigenvalue weighted by molar-refractivity contribution is 0.323. The number of H-pyrrole nitrogens is 1. The number of anilines is 1. The second-order valence-electron chi connectivity index (χ2n) is 4.96. The Morgan fingerprint density at radius 2 is 1.94 bits per heavy atom. The quantitative estimate of drug-likeness (QED) is 0.762. The largest absolute Gasteiger partial charge is 0.370 e. The van der Waals surface area contributed by atoms with Crippen molar-refractivity contribution in [2.45, 2.75) is 51.0 Å². The zero-order valence-corrected chi connectivity index (χ0v) is 9.59.